The lowest BCUT2D eigenvalue weighted by molar-refractivity contribution is -0.159. The topological polar surface area (TPSA) is 40.6 Å². The first kappa shape index (κ1) is 17.8. The summed E-state index contributed by atoms with van der Waals surface area (Å²) in [4.78, 5) is 28.6. The van der Waals surface area contributed by atoms with Gasteiger partial charge in [-0.1, -0.05) is 18.9 Å². The molecule has 3 heterocycles. The molecule has 3 saturated heterocycles. The molecule has 4 nitrogen and oxygen atoms in total. The summed E-state index contributed by atoms with van der Waals surface area (Å²) >= 11 is 1.86. The maximum absolute atomic E-state index is 12.4. The van der Waals surface area contributed by atoms with E-state index in [0.717, 1.165) is 32.4 Å². The summed E-state index contributed by atoms with van der Waals surface area (Å²) < 4.78 is 0. The smallest absolute Gasteiger partial charge is 0.233 e. The standard InChI is InChI=1S/C16H24N2O2S.C3H6/c19-15(10-21-14-3-1-2-4-14)18-12-7-13(18)9-17(8-12)16(20)11-5-6-11;1-3-2/h11-14H,1-10H2;3H,1H2,2H3. The Bertz CT molecular complexity index is 474. The Morgan fingerprint density at radius 1 is 1.12 bits per heavy atom. The van der Waals surface area contributed by atoms with E-state index in [4.69, 9.17) is 0 Å². The molecular weight excluding hydrogens is 320 g/mol. The van der Waals surface area contributed by atoms with Crippen LogP contribution in [0.1, 0.15) is 51.9 Å². The van der Waals surface area contributed by atoms with Crippen molar-refractivity contribution in [3.05, 3.63) is 12.7 Å². The lowest BCUT2D eigenvalue weighted by Crippen LogP contribution is -2.71. The zero-order chi connectivity index (χ0) is 17.1. The number of piperidine rings is 1. The van der Waals surface area contributed by atoms with Crippen molar-refractivity contribution in [2.75, 3.05) is 18.8 Å². The Morgan fingerprint density at radius 2 is 1.71 bits per heavy atom. The number of fused-ring (bicyclic) bond motifs is 2. The third-order valence-corrected chi connectivity index (χ3v) is 6.82. The molecule has 0 radical (unpaired) electrons. The van der Waals surface area contributed by atoms with Gasteiger partial charge in [-0.25, -0.2) is 0 Å². The molecule has 2 saturated carbocycles. The Labute approximate surface area is 150 Å². The highest BCUT2D eigenvalue weighted by Gasteiger charge is 2.49. The molecule has 0 N–H and O–H groups in total. The van der Waals surface area contributed by atoms with Crippen molar-refractivity contribution in [1.29, 1.82) is 0 Å². The van der Waals surface area contributed by atoms with Crippen LogP contribution < -0.4 is 0 Å². The van der Waals surface area contributed by atoms with Crippen LogP contribution in [0.2, 0.25) is 0 Å². The highest BCUT2D eigenvalue weighted by Crippen LogP contribution is 2.38. The molecule has 2 bridgehead atoms. The molecular formula is C19H30N2O2S. The number of nitrogens with zero attached hydrogens (tertiary/aromatic N) is 2. The third kappa shape index (κ3) is 3.98. The fourth-order valence-corrected chi connectivity index (χ4v) is 5.30. The number of carbonyl (C=O) groups is 2. The first-order chi connectivity index (χ1) is 11.6. The molecule has 2 amide bonds. The highest BCUT2D eigenvalue weighted by atomic mass is 32.2. The average molecular weight is 351 g/mol. The summed E-state index contributed by atoms with van der Waals surface area (Å²) in [6.07, 6.45) is 10.2. The molecule has 0 aromatic rings. The minimum Gasteiger partial charge on any atom is -0.338 e. The van der Waals surface area contributed by atoms with Crippen molar-refractivity contribution in [2.45, 2.75) is 69.2 Å². The van der Waals surface area contributed by atoms with Crippen molar-refractivity contribution < 1.29 is 9.59 Å². The molecule has 5 fully saturated rings. The first-order valence-corrected chi connectivity index (χ1v) is 10.5. The normalized spacial score (nSPS) is 28.7. The molecule has 5 heteroatoms. The lowest BCUT2D eigenvalue weighted by atomic mass is 9.87. The second-order valence-electron chi connectivity index (χ2n) is 7.49. The molecule has 2 aliphatic carbocycles. The number of hydrogen-bond acceptors (Lipinski definition) is 3. The van der Waals surface area contributed by atoms with Crippen LogP contribution in [0.3, 0.4) is 0 Å². The zero-order valence-corrected chi connectivity index (χ0v) is 15.6. The summed E-state index contributed by atoms with van der Waals surface area (Å²) in [5.41, 5.74) is 0. The van der Waals surface area contributed by atoms with Gasteiger partial charge in [-0.15, -0.1) is 18.3 Å². The van der Waals surface area contributed by atoms with Gasteiger partial charge >= 0.3 is 0 Å². The number of rotatable bonds is 4. The quantitative estimate of drug-likeness (QED) is 0.732. The van der Waals surface area contributed by atoms with Crippen LogP contribution in [0.4, 0.5) is 0 Å². The van der Waals surface area contributed by atoms with Crippen LogP contribution in [0.15, 0.2) is 12.7 Å². The van der Waals surface area contributed by atoms with Gasteiger partial charge in [0.25, 0.3) is 0 Å². The molecule has 2 unspecified atom stereocenters. The van der Waals surface area contributed by atoms with Gasteiger partial charge in [0.05, 0.1) is 17.8 Å². The van der Waals surface area contributed by atoms with Gasteiger partial charge in [0.15, 0.2) is 0 Å². The van der Waals surface area contributed by atoms with E-state index in [1.807, 2.05) is 23.6 Å². The largest absolute Gasteiger partial charge is 0.338 e. The first-order valence-electron chi connectivity index (χ1n) is 9.42. The Balaban J connectivity index is 0.000000526. The average Bonchev–Trinajstić information content (AvgIpc) is 3.29. The molecule has 0 aromatic heterocycles. The molecule has 0 aromatic carbocycles. The summed E-state index contributed by atoms with van der Waals surface area (Å²) in [6, 6.07) is 0.617. The van der Waals surface area contributed by atoms with Crippen molar-refractivity contribution >= 4 is 23.6 Å². The van der Waals surface area contributed by atoms with Gasteiger partial charge in [0, 0.05) is 24.3 Å². The van der Waals surface area contributed by atoms with E-state index in [9.17, 15) is 9.59 Å². The lowest BCUT2D eigenvalue weighted by Gasteiger charge is -2.56. The van der Waals surface area contributed by atoms with E-state index in [2.05, 4.69) is 11.5 Å². The van der Waals surface area contributed by atoms with Gasteiger partial charge in [0.2, 0.25) is 11.8 Å². The molecule has 3 aliphatic heterocycles. The zero-order valence-electron chi connectivity index (χ0n) is 14.8. The molecule has 5 rings (SSSR count). The van der Waals surface area contributed by atoms with E-state index in [1.165, 1.54) is 25.7 Å². The van der Waals surface area contributed by atoms with Crippen molar-refractivity contribution in [3.63, 3.8) is 0 Å². The highest BCUT2D eigenvalue weighted by molar-refractivity contribution is 8.00. The van der Waals surface area contributed by atoms with E-state index in [0.29, 0.717) is 40.8 Å². The minimum absolute atomic E-state index is 0.308. The number of amides is 2. The van der Waals surface area contributed by atoms with E-state index in [1.54, 1.807) is 6.08 Å². The van der Waals surface area contributed by atoms with Gasteiger partial charge in [-0.3, -0.25) is 9.59 Å². The van der Waals surface area contributed by atoms with Crippen LogP contribution in [-0.2, 0) is 9.59 Å². The Morgan fingerprint density at radius 3 is 2.25 bits per heavy atom. The molecule has 5 aliphatic rings. The number of piperazine rings is 1. The van der Waals surface area contributed by atoms with Gasteiger partial charge in [-0.2, -0.15) is 0 Å². The van der Waals surface area contributed by atoms with E-state index < -0.39 is 0 Å². The van der Waals surface area contributed by atoms with Crippen LogP contribution in [0.5, 0.6) is 0 Å². The van der Waals surface area contributed by atoms with Gasteiger partial charge in [0.1, 0.15) is 0 Å². The van der Waals surface area contributed by atoms with Crippen LogP contribution in [0.25, 0.3) is 0 Å². The maximum atomic E-state index is 12.4. The van der Waals surface area contributed by atoms with E-state index >= 15 is 0 Å². The van der Waals surface area contributed by atoms with Crippen molar-refractivity contribution in [1.82, 2.24) is 9.80 Å². The van der Waals surface area contributed by atoms with Crippen LogP contribution in [-0.4, -0.2) is 57.8 Å². The number of thioether (sulfide) groups is 1. The predicted octanol–water partition coefficient (Wildman–Crippen LogP) is 3.08. The Kier molecular flexibility index (Phi) is 5.90. The second kappa shape index (κ2) is 7.94. The molecule has 134 valence electrons. The van der Waals surface area contributed by atoms with Crippen molar-refractivity contribution in [3.8, 4) is 0 Å². The Hall–Kier alpha value is -0.970. The molecule has 2 atom stereocenters. The number of allylic oxidation sites excluding steroid dienone is 1. The molecule has 0 spiro atoms. The summed E-state index contributed by atoms with van der Waals surface area (Å²) in [6.45, 7) is 6.82. The maximum Gasteiger partial charge on any atom is 0.233 e. The second-order valence-corrected chi connectivity index (χ2v) is 8.78. The van der Waals surface area contributed by atoms with Gasteiger partial charge in [-0.05, 0) is 39.0 Å². The summed E-state index contributed by atoms with van der Waals surface area (Å²) in [5, 5.41) is 0.711. The van der Waals surface area contributed by atoms with Gasteiger partial charge < -0.3 is 9.80 Å². The fraction of sp³-hybridized carbons (Fsp3) is 0.789. The predicted molar refractivity (Wildman–Crippen MR) is 98.9 cm³/mol. The fourth-order valence-electron chi connectivity index (χ4n) is 4.10. The number of hydrogen-bond donors (Lipinski definition) is 0. The van der Waals surface area contributed by atoms with Crippen molar-refractivity contribution in [2.24, 2.45) is 5.92 Å². The minimum atomic E-state index is 0.308. The monoisotopic (exact) mass is 350 g/mol. The van der Waals surface area contributed by atoms with E-state index in [-0.39, 0.29) is 0 Å². The van der Waals surface area contributed by atoms with Crippen LogP contribution >= 0.6 is 11.8 Å². The summed E-state index contributed by atoms with van der Waals surface area (Å²) in [5.74, 6) is 1.61. The summed E-state index contributed by atoms with van der Waals surface area (Å²) in [7, 11) is 0. The van der Waals surface area contributed by atoms with Crippen LogP contribution in [0, 0.1) is 5.92 Å². The number of carbonyl (C=O) groups excluding carboxylic acids is 2. The SMILES string of the molecule is C=CC.O=C(C1CC1)N1CC2CC(C1)N2C(=O)CSC1CCCC1. The molecule has 24 heavy (non-hydrogen) atoms. The third-order valence-electron chi connectivity index (χ3n) is 5.46.